The number of benzene rings is 2. The topological polar surface area (TPSA) is 84.2 Å². The van der Waals surface area contributed by atoms with Gasteiger partial charge in [0.25, 0.3) is 5.91 Å². The maximum absolute atomic E-state index is 12.5. The first-order valence-corrected chi connectivity index (χ1v) is 9.84. The summed E-state index contributed by atoms with van der Waals surface area (Å²) in [6.45, 7) is 0. The molecule has 0 aliphatic heterocycles. The van der Waals surface area contributed by atoms with E-state index in [0.717, 1.165) is 3.57 Å². The number of nitrogens with zero attached hydrogens (tertiary/aromatic N) is 2. The van der Waals surface area contributed by atoms with Gasteiger partial charge >= 0.3 is 5.97 Å². The van der Waals surface area contributed by atoms with Gasteiger partial charge < -0.3 is 10.4 Å². The lowest BCUT2D eigenvalue weighted by molar-refractivity contribution is 0.0688. The molecule has 2 N–H and O–H groups in total. The molecule has 0 aliphatic carbocycles. The van der Waals surface area contributed by atoms with Gasteiger partial charge in [-0.3, -0.25) is 9.36 Å². The Kier molecular flexibility index (Phi) is 5.62. The summed E-state index contributed by atoms with van der Waals surface area (Å²) in [5.41, 5.74) is 1.01. The minimum atomic E-state index is -1.17. The molecule has 132 valence electrons. The number of anilines is 1. The highest BCUT2D eigenvalue weighted by Crippen LogP contribution is 2.28. The maximum atomic E-state index is 12.5. The molecule has 0 spiro atoms. The number of carboxylic acids is 1. The summed E-state index contributed by atoms with van der Waals surface area (Å²) in [7, 11) is 0. The molecule has 0 bridgehead atoms. The second-order valence-electron chi connectivity index (χ2n) is 5.23. The third-order valence-electron chi connectivity index (χ3n) is 3.58. The Labute approximate surface area is 167 Å². The Hall–Kier alpha value is -2.33. The standard InChI is InChI=1S/C18H14IN3O3S/c1-26-18-21-15(20-16(23)11-7-9-12(19)10-8-11)14(17(24)25)22(18)13-5-3-2-4-6-13/h2-10H,1H3,(H,20,23)(H,24,25). The molecule has 0 saturated heterocycles. The predicted octanol–water partition coefficient (Wildman–Crippen LogP) is 4.15. The van der Waals surface area contributed by atoms with Gasteiger partial charge in [-0.1, -0.05) is 30.0 Å². The summed E-state index contributed by atoms with van der Waals surface area (Å²) in [5.74, 6) is -1.55. The van der Waals surface area contributed by atoms with Crippen LogP contribution in [-0.4, -0.2) is 32.8 Å². The number of carboxylic acid groups (broad SMARTS) is 1. The van der Waals surface area contributed by atoms with Crippen LogP contribution in [0.5, 0.6) is 0 Å². The lowest BCUT2D eigenvalue weighted by atomic mass is 10.2. The Balaban J connectivity index is 2.05. The minimum Gasteiger partial charge on any atom is -0.476 e. The average molecular weight is 479 g/mol. The first kappa shape index (κ1) is 18.5. The van der Waals surface area contributed by atoms with Crippen LogP contribution >= 0.6 is 34.4 Å². The number of aromatic nitrogens is 2. The van der Waals surface area contributed by atoms with Gasteiger partial charge in [0.2, 0.25) is 0 Å². The van der Waals surface area contributed by atoms with Crippen molar-refractivity contribution in [2.24, 2.45) is 0 Å². The normalized spacial score (nSPS) is 10.5. The van der Waals surface area contributed by atoms with Crippen molar-refractivity contribution in [2.75, 3.05) is 11.6 Å². The van der Waals surface area contributed by atoms with Crippen molar-refractivity contribution >= 4 is 52.0 Å². The first-order valence-electron chi connectivity index (χ1n) is 7.53. The number of carbonyl (C=O) groups is 2. The highest BCUT2D eigenvalue weighted by Gasteiger charge is 2.25. The molecular weight excluding hydrogens is 465 g/mol. The van der Waals surface area contributed by atoms with E-state index in [4.69, 9.17) is 0 Å². The van der Waals surface area contributed by atoms with E-state index in [0.29, 0.717) is 16.4 Å². The number of halogens is 1. The van der Waals surface area contributed by atoms with Gasteiger partial charge in [-0.25, -0.2) is 9.78 Å². The van der Waals surface area contributed by atoms with Crippen molar-refractivity contribution in [3.8, 4) is 5.69 Å². The number of carbonyl (C=O) groups excluding carboxylic acids is 1. The summed E-state index contributed by atoms with van der Waals surface area (Å²) in [6, 6.07) is 16.0. The third-order valence-corrected chi connectivity index (χ3v) is 4.94. The van der Waals surface area contributed by atoms with E-state index >= 15 is 0 Å². The molecule has 3 rings (SSSR count). The Bertz CT molecular complexity index is 956. The number of rotatable bonds is 5. The van der Waals surface area contributed by atoms with Gasteiger partial charge in [0.15, 0.2) is 16.7 Å². The van der Waals surface area contributed by atoms with Gasteiger partial charge in [0, 0.05) is 14.8 Å². The number of nitrogens with one attached hydrogen (secondary N) is 1. The van der Waals surface area contributed by atoms with E-state index in [1.807, 2.05) is 30.3 Å². The number of hydrogen-bond acceptors (Lipinski definition) is 4. The molecule has 1 aromatic heterocycles. The van der Waals surface area contributed by atoms with Crippen molar-refractivity contribution < 1.29 is 14.7 Å². The Morgan fingerprint density at radius 1 is 1.12 bits per heavy atom. The summed E-state index contributed by atoms with van der Waals surface area (Å²) in [4.78, 5) is 28.7. The Morgan fingerprint density at radius 3 is 2.35 bits per heavy atom. The molecule has 0 unspecified atom stereocenters. The van der Waals surface area contributed by atoms with Crippen LogP contribution in [0.3, 0.4) is 0 Å². The number of thioether (sulfide) groups is 1. The smallest absolute Gasteiger partial charge is 0.356 e. The molecule has 6 nitrogen and oxygen atoms in total. The molecule has 0 fully saturated rings. The lowest BCUT2D eigenvalue weighted by Crippen LogP contribution is -2.16. The molecule has 3 aromatic rings. The van der Waals surface area contributed by atoms with E-state index in [1.54, 1.807) is 30.5 Å². The van der Waals surface area contributed by atoms with Crippen LogP contribution in [0.25, 0.3) is 5.69 Å². The number of amides is 1. The van der Waals surface area contributed by atoms with Crippen LogP contribution in [0.4, 0.5) is 5.82 Å². The summed E-state index contributed by atoms with van der Waals surface area (Å²) in [5, 5.41) is 12.8. The van der Waals surface area contributed by atoms with Crippen LogP contribution in [0.2, 0.25) is 0 Å². The number of imidazole rings is 1. The van der Waals surface area contributed by atoms with Crippen molar-refractivity contribution in [3.63, 3.8) is 0 Å². The molecule has 2 aromatic carbocycles. The second kappa shape index (κ2) is 7.92. The van der Waals surface area contributed by atoms with E-state index in [1.165, 1.54) is 16.3 Å². The molecule has 8 heteroatoms. The number of para-hydroxylation sites is 1. The fourth-order valence-electron chi connectivity index (χ4n) is 2.42. The molecule has 1 heterocycles. The zero-order valence-corrected chi connectivity index (χ0v) is 16.6. The van der Waals surface area contributed by atoms with Crippen LogP contribution in [0.15, 0.2) is 59.8 Å². The summed E-state index contributed by atoms with van der Waals surface area (Å²) in [6.07, 6.45) is 1.80. The molecule has 0 saturated carbocycles. The molecule has 26 heavy (non-hydrogen) atoms. The molecule has 0 atom stereocenters. The second-order valence-corrected chi connectivity index (χ2v) is 7.25. The maximum Gasteiger partial charge on any atom is 0.356 e. The SMILES string of the molecule is CSc1nc(NC(=O)c2ccc(I)cc2)c(C(=O)O)n1-c1ccccc1. The van der Waals surface area contributed by atoms with Gasteiger partial charge in [0.05, 0.1) is 0 Å². The predicted molar refractivity (Wildman–Crippen MR) is 109 cm³/mol. The van der Waals surface area contributed by atoms with Gasteiger partial charge in [-0.05, 0) is 65.2 Å². The average Bonchev–Trinajstić information content (AvgIpc) is 3.01. The van der Waals surface area contributed by atoms with Gasteiger partial charge in [-0.15, -0.1) is 0 Å². The van der Waals surface area contributed by atoms with Crippen LogP contribution in [0, 0.1) is 3.57 Å². The fraction of sp³-hybridized carbons (Fsp3) is 0.0556. The van der Waals surface area contributed by atoms with Crippen LogP contribution < -0.4 is 5.32 Å². The zero-order valence-electron chi connectivity index (χ0n) is 13.6. The Morgan fingerprint density at radius 2 is 1.77 bits per heavy atom. The third kappa shape index (κ3) is 3.75. The number of hydrogen-bond donors (Lipinski definition) is 2. The zero-order chi connectivity index (χ0) is 18.7. The van der Waals surface area contributed by atoms with Crippen molar-refractivity contribution in [2.45, 2.75) is 5.16 Å². The van der Waals surface area contributed by atoms with Gasteiger partial charge in [0.1, 0.15) is 0 Å². The van der Waals surface area contributed by atoms with E-state index in [9.17, 15) is 14.7 Å². The van der Waals surface area contributed by atoms with Crippen molar-refractivity contribution in [1.29, 1.82) is 0 Å². The molecule has 1 amide bonds. The van der Waals surface area contributed by atoms with Crippen molar-refractivity contribution in [3.05, 3.63) is 69.4 Å². The largest absolute Gasteiger partial charge is 0.476 e. The highest BCUT2D eigenvalue weighted by molar-refractivity contribution is 14.1. The summed E-state index contributed by atoms with van der Waals surface area (Å²) < 4.78 is 2.53. The van der Waals surface area contributed by atoms with Crippen LogP contribution in [-0.2, 0) is 0 Å². The lowest BCUT2D eigenvalue weighted by Gasteiger charge is -2.09. The minimum absolute atomic E-state index is 0.0225. The van der Waals surface area contributed by atoms with Crippen LogP contribution in [0.1, 0.15) is 20.8 Å². The van der Waals surface area contributed by atoms with E-state index in [2.05, 4.69) is 32.9 Å². The molecular formula is C18H14IN3O3S. The van der Waals surface area contributed by atoms with Crippen molar-refractivity contribution in [1.82, 2.24) is 9.55 Å². The van der Waals surface area contributed by atoms with E-state index in [-0.39, 0.29) is 11.5 Å². The van der Waals surface area contributed by atoms with E-state index < -0.39 is 11.9 Å². The van der Waals surface area contributed by atoms with Gasteiger partial charge in [-0.2, -0.15) is 0 Å². The number of aromatic carboxylic acids is 1. The molecule has 0 aliphatic rings. The summed E-state index contributed by atoms with van der Waals surface area (Å²) >= 11 is 3.45. The molecule has 0 radical (unpaired) electrons. The highest BCUT2D eigenvalue weighted by atomic mass is 127. The quantitative estimate of drug-likeness (QED) is 0.425. The monoisotopic (exact) mass is 479 g/mol. The fourth-order valence-corrected chi connectivity index (χ4v) is 3.34. The first-order chi connectivity index (χ1) is 12.5.